The first kappa shape index (κ1) is 39.9. The summed E-state index contributed by atoms with van der Waals surface area (Å²) in [6, 6.07) is 15.7. The second-order valence-electron chi connectivity index (χ2n) is 14.6. The van der Waals surface area contributed by atoms with Gasteiger partial charge in [-0.2, -0.15) is 23.2 Å². The number of hydrogen-bond donors (Lipinski definition) is 2. The standard InChI is InChI=1S/C41H33Cl2F4N5O7/c1-50(35-28(43)14-15-31(48-35)41(45,46)47)52-36(54)25-13-12-24-26(32(25)38(52)56)18-27-37(55)51(49-22-10-8-21(44)9-11-22)39(57)40(27,19-4-6-20(42)7-5-19)34(24)33-29(53)16-23(58-2)17-30(33)59-3/h4-12,14-17,25-27,32,34,49,53H,13,18H2,1-3H3/t25-,26+,27-,32-,34+,40+/m0/s1. The Morgan fingerprint density at radius 3 is 2.25 bits per heavy atom. The van der Waals surface area contributed by atoms with Crippen molar-refractivity contribution < 1.29 is 51.3 Å². The molecular weight excluding hydrogens is 821 g/mol. The third-order valence-corrected chi connectivity index (χ3v) is 12.3. The average molecular weight is 855 g/mol. The monoisotopic (exact) mass is 853 g/mol. The Hall–Kier alpha value is -5.87. The number of anilines is 2. The number of rotatable bonds is 8. The van der Waals surface area contributed by atoms with Crippen LogP contribution in [0.25, 0.3) is 0 Å². The van der Waals surface area contributed by atoms with E-state index in [0.29, 0.717) is 27.2 Å². The number of amides is 4. The molecule has 0 bridgehead atoms. The summed E-state index contributed by atoms with van der Waals surface area (Å²) in [5.74, 6) is -9.85. The lowest BCUT2D eigenvalue weighted by Gasteiger charge is -2.50. The topological polar surface area (TPSA) is 142 Å². The highest BCUT2D eigenvalue weighted by Gasteiger charge is 2.71. The summed E-state index contributed by atoms with van der Waals surface area (Å²) in [5.41, 5.74) is 0.730. The first-order chi connectivity index (χ1) is 28.0. The van der Waals surface area contributed by atoms with E-state index in [2.05, 4.69) is 10.4 Å². The summed E-state index contributed by atoms with van der Waals surface area (Å²) < 4.78 is 66.4. The van der Waals surface area contributed by atoms with Gasteiger partial charge < -0.3 is 14.6 Å². The maximum absolute atomic E-state index is 15.4. The number of nitrogens with zero attached hydrogens (tertiary/aromatic N) is 4. The van der Waals surface area contributed by atoms with Gasteiger partial charge in [0.1, 0.15) is 28.8 Å². The fraction of sp³-hybridized carbons (Fsp3) is 0.293. The number of nitrogens with one attached hydrogen (secondary N) is 1. The number of carbonyl (C=O) groups is 4. The minimum absolute atomic E-state index is 0.0635. The van der Waals surface area contributed by atoms with Crippen LogP contribution in [0.2, 0.25) is 10.0 Å². The summed E-state index contributed by atoms with van der Waals surface area (Å²) in [4.78, 5) is 62.9. The summed E-state index contributed by atoms with van der Waals surface area (Å²) in [7, 11) is 3.92. The number of carbonyl (C=O) groups excluding carboxylic acids is 4. The van der Waals surface area contributed by atoms with Crippen molar-refractivity contribution >= 4 is 58.3 Å². The van der Waals surface area contributed by atoms with Gasteiger partial charge in [-0.1, -0.05) is 47.0 Å². The summed E-state index contributed by atoms with van der Waals surface area (Å²) in [5, 5.41) is 14.4. The third-order valence-electron chi connectivity index (χ3n) is 11.8. The molecule has 1 aromatic heterocycles. The maximum Gasteiger partial charge on any atom is 0.433 e. The lowest BCUT2D eigenvalue weighted by atomic mass is 9.49. The van der Waals surface area contributed by atoms with E-state index in [9.17, 15) is 37.1 Å². The number of phenols is 1. The van der Waals surface area contributed by atoms with Gasteiger partial charge >= 0.3 is 6.18 Å². The predicted molar refractivity (Wildman–Crippen MR) is 205 cm³/mol. The first-order valence-electron chi connectivity index (χ1n) is 18.2. The molecule has 3 fully saturated rings. The van der Waals surface area contributed by atoms with Crippen molar-refractivity contribution in [2.24, 2.45) is 23.7 Å². The molecule has 4 aliphatic rings. The Bertz CT molecular complexity index is 2450. The molecule has 3 heterocycles. The largest absolute Gasteiger partial charge is 0.507 e. The summed E-state index contributed by atoms with van der Waals surface area (Å²) >= 11 is 12.7. The molecule has 2 saturated heterocycles. The zero-order valence-corrected chi connectivity index (χ0v) is 32.8. The molecule has 6 atom stereocenters. The average Bonchev–Trinajstić information content (AvgIpc) is 3.58. The number of benzene rings is 3. The number of fused-ring (bicyclic) bond motifs is 4. The lowest BCUT2D eigenvalue weighted by molar-refractivity contribution is -0.142. The van der Waals surface area contributed by atoms with Gasteiger partial charge in [0.25, 0.3) is 23.6 Å². The van der Waals surface area contributed by atoms with Crippen LogP contribution in [0.15, 0.2) is 84.4 Å². The fourth-order valence-electron chi connectivity index (χ4n) is 9.32. The van der Waals surface area contributed by atoms with Crippen LogP contribution < -0.4 is 19.9 Å². The van der Waals surface area contributed by atoms with Gasteiger partial charge in [0.15, 0.2) is 5.82 Å². The smallest absolute Gasteiger partial charge is 0.433 e. The minimum atomic E-state index is -4.86. The van der Waals surface area contributed by atoms with Crippen molar-refractivity contribution in [2.45, 2.75) is 30.4 Å². The molecule has 3 aromatic carbocycles. The van der Waals surface area contributed by atoms with Crippen LogP contribution in [0.1, 0.15) is 35.6 Å². The van der Waals surface area contributed by atoms with Gasteiger partial charge in [-0.05, 0) is 72.9 Å². The molecule has 0 radical (unpaired) electrons. The van der Waals surface area contributed by atoms with Gasteiger partial charge in [0.05, 0.1) is 48.1 Å². The molecule has 2 aliphatic carbocycles. The van der Waals surface area contributed by atoms with Gasteiger partial charge in [-0.3, -0.25) is 29.6 Å². The van der Waals surface area contributed by atoms with Crippen molar-refractivity contribution in [3.63, 3.8) is 0 Å². The van der Waals surface area contributed by atoms with Crippen LogP contribution in [0.4, 0.5) is 29.1 Å². The minimum Gasteiger partial charge on any atom is -0.507 e. The molecule has 306 valence electrons. The SMILES string of the molecule is COc1cc(O)c([C@H]2C3=CC[C@@H]4C(=O)N(N(C)c5nc(C(F)(F)F)ccc5Cl)C(=O)[C@@H]4[C@@H]3C[C@H]3C(=O)N(Nc4ccc(F)cc4)C(=O)[C@@]23c2ccc(Cl)cc2)c(OC)c1. The van der Waals surface area contributed by atoms with E-state index in [0.717, 1.165) is 28.2 Å². The number of halogens is 6. The van der Waals surface area contributed by atoms with Crippen LogP contribution in [-0.4, -0.2) is 65.0 Å². The van der Waals surface area contributed by atoms with Crippen LogP contribution in [0, 0.1) is 29.5 Å². The van der Waals surface area contributed by atoms with Crippen LogP contribution >= 0.6 is 23.2 Å². The molecule has 18 heteroatoms. The fourth-order valence-corrected chi connectivity index (χ4v) is 9.68. The van der Waals surface area contributed by atoms with E-state index in [1.807, 2.05) is 0 Å². The van der Waals surface area contributed by atoms with Gasteiger partial charge in [-0.25, -0.2) is 9.37 Å². The second kappa shape index (κ2) is 14.4. The highest BCUT2D eigenvalue weighted by atomic mass is 35.5. The van der Waals surface area contributed by atoms with E-state index < -0.39 is 82.1 Å². The number of alkyl halides is 3. The van der Waals surface area contributed by atoms with Crippen LogP contribution in [0.5, 0.6) is 17.2 Å². The van der Waals surface area contributed by atoms with Crippen molar-refractivity contribution in [1.82, 2.24) is 15.0 Å². The quantitative estimate of drug-likeness (QED) is 0.105. The summed E-state index contributed by atoms with van der Waals surface area (Å²) in [6.07, 6.45) is -3.38. The van der Waals surface area contributed by atoms with Crippen molar-refractivity contribution in [1.29, 1.82) is 0 Å². The third kappa shape index (κ3) is 6.13. The molecule has 0 spiro atoms. The number of hydrazine groups is 2. The van der Waals surface area contributed by atoms with E-state index >= 15 is 4.79 Å². The number of aromatic nitrogens is 1. The number of ether oxygens (including phenoxy) is 2. The molecule has 0 unspecified atom stereocenters. The van der Waals surface area contributed by atoms with Gasteiger partial charge in [0.2, 0.25) is 0 Å². The molecule has 2 N–H and O–H groups in total. The Morgan fingerprint density at radius 1 is 0.915 bits per heavy atom. The molecule has 59 heavy (non-hydrogen) atoms. The maximum atomic E-state index is 15.4. The molecule has 1 saturated carbocycles. The number of imide groups is 2. The molecular formula is C41H33Cl2F4N5O7. The zero-order chi connectivity index (χ0) is 42.3. The normalized spacial score (nSPS) is 25.0. The first-order valence-corrected chi connectivity index (χ1v) is 18.9. The van der Waals surface area contributed by atoms with Crippen molar-refractivity contribution in [3.8, 4) is 17.2 Å². The van der Waals surface area contributed by atoms with E-state index in [4.69, 9.17) is 32.7 Å². The van der Waals surface area contributed by atoms with Gasteiger partial charge in [-0.15, -0.1) is 0 Å². The molecule has 12 nitrogen and oxygen atoms in total. The Labute approximate surface area is 343 Å². The Balaban J connectivity index is 1.32. The van der Waals surface area contributed by atoms with Crippen LogP contribution in [0.3, 0.4) is 0 Å². The number of hydrogen-bond acceptors (Lipinski definition) is 10. The lowest BCUT2D eigenvalue weighted by Crippen LogP contribution is -2.53. The van der Waals surface area contributed by atoms with E-state index in [-0.39, 0.29) is 46.4 Å². The number of aromatic hydroxyl groups is 1. The highest BCUT2D eigenvalue weighted by Crippen LogP contribution is 2.66. The number of allylic oxidation sites excluding steroid dienone is 2. The van der Waals surface area contributed by atoms with Crippen molar-refractivity contribution in [3.05, 3.63) is 117 Å². The second-order valence-corrected chi connectivity index (χ2v) is 15.5. The summed E-state index contributed by atoms with van der Waals surface area (Å²) in [6.45, 7) is 0. The molecule has 2 aliphatic heterocycles. The van der Waals surface area contributed by atoms with Gasteiger partial charge in [0, 0.05) is 35.7 Å². The number of phenolic OH excluding ortho intramolecular Hbond substituents is 1. The Morgan fingerprint density at radius 2 is 1.61 bits per heavy atom. The molecule has 8 rings (SSSR count). The number of methoxy groups -OCH3 is 2. The molecule has 4 aromatic rings. The van der Waals surface area contributed by atoms with E-state index in [1.165, 1.54) is 45.5 Å². The van der Waals surface area contributed by atoms with E-state index in [1.54, 1.807) is 30.3 Å². The Kier molecular flexibility index (Phi) is 9.78. The van der Waals surface area contributed by atoms with Crippen LogP contribution in [-0.2, 0) is 30.8 Å². The zero-order valence-electron chi connectivity index (χ0n) is 31.3. The predicted octanol–water partition coefficient (Wildman–Crippen LogP) is 7.31. The number of pyridine rings is 1. The highest BCUT2D eigenvalue weighted by molar-refractivity contribution is 6.33. The van der Waals surface area contributed by atoms with Crippen molar-refractivity contribution in [2.75, 3.05) is 31.7 Å². The molecule has 4 amide bonds.